The molecule has 0 spiro atoms. The summed E-state index contributed by atoms with van der Waals surface area (Å²) >= 11 is 0. The summed E-state index contributed by atoms with van der Waals surface area (Å²) in [6, 6.07) is 3.06. The number of rotatable bonds is 1. The third-order valence-electron chi connectivity index (χ3n) is 2.06. The largest absolute Gasteiger partial charge is 0.323 e. The fraction of sp³-hybridized carbons (Fsp3) is 0.500. The number of nitrogens with zero attached hydrogens (tertiary/aromatic N) is 1. The smallest absolute Gasteiger partial charge is 0.217 e. The van der Waals surface area contributed by atoms with Crippen LogP contribution in [0.5, 0.6) is 0 Å². The summed E-state index contributed by atoms with van der Waals surface area (Å²) in [5.41, 5.74) is 6.23. The van der Waals surface area contributed by atoms with Crippen LogP contribution in [-0.2, 0) is 0 Å². The molecule has 0 unspecified atom stereocenters. The zero-order chi connectivity index (χ0) is 10.1. The Morgan fingerprint density at radius 1 is 1.46 bits per heavy atom. The zero-order valence-electron chi connectivity index (χ0n) is 8.21. The van der Waals surface area contributed by atoms with Gasteiger partial charge in [0.1, 0.15) is 0 Å². The standard InChI is InChI=1S/C10H15FN2/c1-10(2,3)8(12)7-5-4-6-13-9(7)11/h4-6,8H,12H2,1-3H3/t8-/m1/s1. The molecule has 0 bridgehead atoms. The second-order valence-corrected chi connectivity index (χ2v) is 4.23. The Labute approximate surface area is 78.0 Å². The van der Waals surface area contributed by atoms with Crippen LogP contribution in [0.2, 0.25) is 0 Å². The van der Waals surface area contributed by atoms with Crippen LogP contribution in [0.25, 0.3) is 0 Å². The summed E-state index contributed by atoms with van der Waals surface area (Å²) in [4.78, 5) is 3.57. The minimum absolute atomic E-state index is 0.149. The third kappa shape index (κ3) is 2.25. The molecule has 3 heteroatoms. The van der Waals surface area contributed by atoms with Gasteiger partial charge in [-0.15, -0.1) is 0 Å². The van der Waals surface area contributed by atoms with E-state index < -0.39 is 5.95 Å². The van der Waals surface area contributed by atoms with Crippen LogP contribution in [0.15, 0.2) is 18.3 Å². The van der Waals surface area contributed by atoms with Crippen LogP contribution in [-0.4, -0.2) is 4.98 Å². The molecule has 0 saturated carbocycles. The maximum atomic E-state index is 13.2. The van der Waals surface area contributed by atoms with E-state index >= 15 is 0 Å². The number of pyridine rings is 1. The van der Waals surface area contributed by atoms with Crippen molar-refractivity contribution in [2.75, 3.05) is 0 Å². The number of aromatic nitrogens is 1. The summed E-state index contributed by atoms with van der Waals surface area (Å²) in [5, 5.41) is 0. The van der Waals surface area contributed by atoms with E-state index in [1.165, 1.54) is 6.20 Å². The summed E-state index contributed by atoms with van der Waals surface area (Å²) in [7, 11) is 0. The highest BCUT2D eigenvalue weighted by atomic mass is 19.1. The average Bonchev–Trinajstić information content (AvgIpc) is 2.02. The van der Waals surface area contributed by atoms with Crippen molar-refractivity contribution in [3.05, 3.63) is 29.8 Å². The van der Waals surface area contributed by atoms with Crippen LogP contribution < -0.4 is 5.73 Å². The van der Waals surface area contributed by atoms with E-state index in [1.54, 1.807) is 12.1 Å². The van der Waals surface area contributed by atoms with Gasteiger partial charge < -0.3 is 5.73 Å². The molecule has 0 aliphatic heterocycles. The Hall–Kier alpha value is -0.960. The van der Waals surface area contributed by atoms with Crippen molar-refractivity contribution < 1.29 is 4.39 Å². The molecule has 1 atom stereocenters. The van der Waals surface area contributed by atoms with E-state index in [1.807, 2.05) is 20.8 Å². The van der Waals surface area contributed by atoms with Gasteiger partial charge in [-0.1, -0.05) is 26.8 Å². The molecule has 1 aromatic rings. The molecule has 0 saturated heterocycles. The van der Waals surface area contributed by atoms with E-state index in [4.69, 9.17) is 5.73 Å². The van der Waals surface area contributed by atoms with Gasteiger partial charge in [-0.25, -0.2) is 4.98 Å². The van der Waals surface area contributed by atoms with Crippen LogP contribution >= 0.6 is 0 Å². The van der Waals surface area contributed by atoms with Crippen LogP contribution in [0.4, 0.5) is 4.39 Å². The van der Waals surface area contributed by atoms with Crippen LogP contribution in [0, 0.1) is 11.4 Å². The molecule has 0 aromatic carbocycles. The van der Waals surface area contributed by atoms with Gasteiger partial charge in [0.25, 0.3) is 0 Å². The van der Waals surface area contributed by atoms with E-state index in [0.29, 0.717) is 5.56 Å². The number of nitrogens with two attached hydrogens (primary N) is 1. The first kappa shape index (κ1) is 10.1. The normalized spacial score (nSPS) is 14.2. The first-order chi connectivity index (χ1) is 5.93. The second-order valence-electron chi connectivity index (χ2n) is 4.23. The maximum Gasteiger partial charge on any atom is 0.217 e. The average molecular weight is 182 g/mol. The van der Waals surface area contributed by atoms with Gasteiger partial charge in [0.2, 0.25) is 5.95 Å². The SMILES string of the molecule is CC(C)(C)[C@H](N)c1cccnc1F. The molecule has 72 valence electrons. The molecule has 0 radical (unpaired) electrons. The van der Waals surface area contributed by atoms with Gasteiger partial charge in [-0.05, 0) is 11.5 Å². The van der Waals surface area contributed by atoms with Crippen molar-refractivity contribution >= 4 is 0 Å². The van der Waals surface area contributed by atoms with Gasteiger partial charge in [0, 0.05) is 17.8 Å². The molecule has 0 amide bonds. The molecule has 13 heavy (non-hydrogen) atoms. The van der Waals surface area contributed by atoms with Crippen molar-refractivity contribution in [3.8, 4) is 0 Å². The lowest BCUT2D eigenvalue weighted by molar-refractivity contribution is 0.317. The monoisotopic (exact) mass is 182 g/mol. The lowest BCUT2D eigenvalue weighted by atomic mass is 9.83. The first-order valence-electron chi connectivity index (χ1n) is 4.29. The number of halogens is 1. The van der Waals surface area contributed by atoms with Gasteiger partial charge in [0.05, 0.1) is 0 Å². The van der Waals surface area contributed by atoms with Crippen LogP contribution in [0.1, 0.15) is 32.4 Å². The van der Waals surface area contributed by atoms with Crippen LogP contribution in [0.3, 0.4) is 0 Å². The zero-order valence-corrected chi connectivity index (χ0v) is 8.21. The minimum Gasteiger partial charge on any atom is -0.323 e. The molecule has 1 rings (SSSR count). The highest BCUT2D eigenvalue weighted by molar-refractivity contribution is 5.17. The van der Waals surface area contributed by atoms with Gasteiger partial charge in [-0.3, -0.25) is 0 Å². The Balaban J connectivity index is 3.02. The lowest BCUT2D eigenvalue weighted by Gasteiger charge is -2.27. The lowest BCUT2D eigenvalue weighted by Crippen LogP contribution is -2.27. The van der Waals surface area contributed by atoms with Crippen molar-refractivity contribution in [2.24, 2.45) is 11.1 Å². The summed E-state index contributed by atoms with van der Waals surface area (Å²) in [6.45, 7) is 5.93. The van der Waals surface area contributed by atoms with Gasteiger partial charge >= 0.3 is 0 Å². The molecule has 1 aromatic heterocycles. The summed E-state index contributed by atoms with van der Waals surface area (Å²) in [5.74, 6) is -0.468. The van der Waals surface area contributed by atoms with E-state index in [9.17, 15) is 4.39 Å². The van der Waals surface area contributed by atoms with Crippen molar-refractivity contribution in [2.45, 2.75) is 26.8 Å². The second kappa shape index (κ2) is 3.42. The highest BCUT2D eigenvalue weighted by Gasteiger charge is 2.24. The van der Waals surface area contributed by atoms with E-state index in [0.717, 1.165) is 0 Å². The molecule has 2 N–H and O–H groups in total. The topological polar surface area (TPSA) is 38.9 Å². The van der Waals surface area contributed by atoms with Gasteiger partial charge in [-0.2, -0.15) is 4.39 Å². The quantitative estimate of drug-likeness (QED) is 0.676. The van der Waals surface area contributed by atoms with Gasteiger partial charge in [0.15, 0.2) is 0 Å². The number of hydrogen-bond acceptors (Lipinski definition) is 2. The van der Waals surface area contributed by atoms with E-state index in [2.05, 4.69) is 4.98 Å². The van der Waals surface area contributed by atoms with Crippen molar-refractivity contribution in [1.29, 1.82) is 0 Å². The summed E-state index contributed by atoms with van der Waals surface area (Å²) < 4.78 is 13.2. The van der Waals surface area contributed by atoms with Crippen molar-refractivity contribution in [3.63, 3.8) is 0 Å². The molecule has 0 fully saturated rings. The molecular weight excluding hydrogens is 167 g/mol. The number of hydrogen-bond donors (Lipinski definition) is 1. The maximum absolute atomic E-state index is 13.2. The highest BCUT2D eigenvalue weighted by Crippen LogP contribution is 2.30. The Kier molecular flexibility index (Phi) is 2.66. The van der Waals surface area contributed by atoms with Crippen molar-refractivity contribution in [1.82, 2.24) is 4.98 Å². The fourth-order valence-electron chi connectivity index (χ4n) is 1.10. The Morgan fingerprint density at radius 3 is 2.54 bits per heavy atom. The minimum atomic E-state index is -0.468. The van der Waals surface area contributed by atoms with E-state index in [-0.39, 0.29) is 11.5 Å². The predicted molar refractivity (Wildman–Crippen MR) is 50.6 cm³/mol. The Morgan fingerprint density at radius 2 is 2.08 bits per heavy atom. The fourth-order valence-corrected chi connectivity index (χ4v) is 1.10. The molecule has 0 aliphatic rings. The predicted octanol–water partition coefficient (Wildman–Crippen LogP) is 2.27. The Bertz CT molecular complexity index is 291. The molecular formula is C10H15FN2. The molecule has 1 heterocycles. The molecule has 2 nitrogen and oxygen atoms in total. The summed E-state index contributed by atoms with van der Waals surface area (Å²) in [6.07, 6.45) is 1.42. The third-order valence-corrected chi connectivity index (χ3v) is 2.06. The molecule has 0 aliphatic carbocycles. The first-order valence-corrected chi connectivity index (χ1v) is 4.29.